The number of hydrogen-bond donors (Lipinski definition) is 1. The van der Waals surface area contributed by atoms with Crippen LogP contribution in [0.5, 0.6) is 5.88 Å². The molecule has 1 saturated heterocycles. The molecule has 0 amide bonds. The number of rotatable bonds is 7. The Morgan fingerprint density at radius 3 is 2.54 bits per heavy atom. The van der Waals surface area contributed by atoms with E-state index in [-0.39, 0.29) is 22.1 Å². The van der Waals surface area contributed by atoms with Gasteiger partial charge in [-0.2, -0.15) is 9.40 Å². The van der Waals surface area contributed by atoms with Crippen LogP contribution in [0.4, 0.5) is 5.82 Å². The topological polar surface area (TPSA) is 139 Å². The van der Waals surface area contributed by atoms with Gasteiger partial charge < -0.3 is 14.6 Å². The third-order valence-electron chi connectivity index (χ3n) is 6.36. The quantitative estimate of drug-likeness (QED) is 0.382. The van der Waals surface area contributed by atoms with Crippen LogP contribution >= 0.6 is 0 Å². The summed E-state index contributed by atoms with van der Waals surface area (Å²) in [6.07, 6.45) is 3.63. The van der Waals surface area contributed by atoms with Gasteiger partial charge in [-0.15, -0.1) is 0 Å². The SMILES string of the molecule is CCOc1ncc(S(=O)(=O)N2CCN(c3ccccn3)CC2)cc1-c1nc2c(CC)n(C)nc2c(=O)[nH]1. The van der Waals surface area contributed by atoms with Crippen LogP contribution in [0.1, 0.15) is 19.5 Å². The minimum Gasteiger partial charge on any atom is -0.477 e. The largest absolute Gasteiger partial charge is 0.477 e. The maximum absolute atomic E-state index is 13.6. The summed E-state index contributed by atoms with van der Waals surface area (Å²) in [5.74, 6) is 1.18. The number of aromatic amines is 1. The van der Waals surface area contributed by atoms with Crippen molar-refractivity contribution in [1.29, 1.82) is 0 Å². The van der Waals surface area contributed by atoms with Crippen molar-refractivity contribution in [2.75, 3.05) is 37.7 Å². The lowest BCUT2D eigenvalue weighted by Crippen LogP contribution is -2.48. The lowest BCUT2D eigenvalue weighted by molar-refractivity contribution is 0.327. The Bertz CT molecular complexity index is 1590. The molecule has 0 radical (unpaired) electrons. The van der Waals surface area contributed by atoms with Gasteiger partial charge in [0, 0.05) is 39.4 Å². The normalized spacial score (nSPS) is 14.8. The van der Waals surface area contributed by atoms with Gasteiger partial charge in [0.15, 0.2) is 5.52 Å². The molecule has 5 heterocycles. The maximum atomic E-state index is 13.6. The molecule has 12 nitrogen and oxygen atoms in total. The number of nitrogens with one attached hydrogen (secondary N) is 1. The number of piperazine rings is 1. The zero-order valence-corrected chi connectivity index (χ0v) is 21.7. The van der Waals surface area contributed by atoms with Gasteiger partial charge in [-0.25, -0.2) is 23.4 Å². The first kappa shape index (κ1) is 24.8. The Morgan fingerprint density at radius 1 is 1.08 bits per heavy atom. The number of anilines is 1. The summed E-state index contributed by atoms with van der Waals surface area (Å²) < 4.78 is 35.9. The number of pyridine rings is 2. The van der Waals surface area contributed by atoms with Crippen LogP contribution in [-0.2, 0) is 23.5 Å². The molecule has 1 aliphatic heterocycles. The molecule has 1 fully saturated rings. The van der Waals surface area contributed by atoms with E-state index >= 15 is 0 Å². The summed E-state index contributed by atoms with van der Waals surface area (Å²) in [7, 11) is -2.10. The van der Waals surface area contributed by atoms with Crippen molar-refractivity contribution in [2.24, 2.45) is 7.05 Å². The fourth-order valence-corrected chi connectivity index (χ4v) is 5.89. The average molecular weight is 525 g/mol. The van der Waals surface area contributed by atoms with Crippen LogP contribution in [0, 0.1) is 0 Å². The van der Waals surface area contributed by atoms with Crippen molar-refractivity contribution in [3.8, 4) is 17.3 Å². The molecule has 1 N–H and O–H groups in total. The third-order valence-corrected chi connectivity index (χ3v) is 8.22. The van der Waals surface area contributed by atoms with Gasteiger partial charge in [0.1, 0.15) is 22.1 Å². The van der Waals surface area contributed by atoms with Crippen LogP contribution in [0.2, 0.25) is 0 Å². The Balaban J connectivity index is 1.51. The lowest BCUT2D eigenvalue weighted by atomic mass is 10.2. The van der Waals surface area contributed by atoms with E-state index in [0.717, 1.165) is 11.5 Å². The van der Waals surface area contributed by atoms with Crippen LogP contribution < -0.4 is 15.2 Å². The van der Waals surface area contributed by atoms with E-state index in [1.165, 1.54) is 16.6 Å². The molecular formula is C24H28N8O4S. The van der Waals surface area contributed by atoms with Crippen molar-refractivity contribution >= 4 is 26.9 Å². The number of fused-ring (bicyclic) bond motifs is 1. The summed E-state index contributed by atoms with van der Waals surface area (Å²) in [6, 6.07) is 7.12. The summed E-state index contributed by atoms with van der Waals surface area (Å²) >= 11 is 0. The van der Waals surface area contributed by atoms with Crippen LogP contribution in [0.15, 0.2) is 46.3 Å². The van der Waals surface area contributed by atoms with Crippen LogP contribution in [0.3, 0.4) is 0 Å². The summed E-state index contributed by atoms with van der Waals surface area (Å²) in [4.78, 5) is 30.9. The third kappa shape index (κ3) is 4.55. The zero-order chi connectivity index (χ0) is 26.2. The second kappa shape index (κ2) is 9.90. The van der Waals surface area contributed by atoms with Crippen LogP contribution in [-0.4, -0.2) is 75.2 Å². The van der Waals surface area contributed by atoms with Gasteiger partial charge in [0.05, 0.1) is 24.1 Å². The van der Waals surface area contributed by atoms with Crippen molar-refractivity contribution in [3.63, 3.8) is 0 Å². The number of nitrogens with zero attached hydrogens (tertiary/aromatic N) is 7. The Kier molecular flexibility index (Phi) is 6.65. The zero-order valence-electron chi connectivity index (χ0n) is 20.9. The summed E-state index contributed by atoms with van der Waals surface area (Å²) in [5.41, 5.74) is 1.35. The molecule has 0 unspecified atom stereocenters. The molecule has 0 spiro atoms. The molecular weight excluding hydrogens is 496 g/mol. The van der Waals surface area contributed by atoms with E-state index in [2.05, 4.69) is 29.9 Å². The molecule has 13 heteroatoms. The average Bonchev–Trinajstić information content (AvgIpc) is 3.25. The number of sulfonamides is 1. The molecule has 37 heavy (non-hydrogen) atoms. The lowest BCUT2D eigenvalue weighted by Gasteiger charge is -2.34. The van der Waals surface area contributed by atoms with Gasteiger partial charge in [-0.05, 0) is 31.5 Å². The predicted molar refractivity (Wildman–Crippen MR) is 138 cm³/mol. The van der Waals surface area contributed by atoms with Gasteiger partial charge in [-0.1, -0.05) is 13.0 Å². The molecule has 0 aliphatic carbocycles. The number of H-pyrrole nitrogens is 1. The van der Waals surface area contributed by atoms with E-state index in [9.17, 15) is 13.2 Å². The molecule has 194 valence electrons. The smallest absolute Gasteiger partial charge is 0.279 e. The van der Waals surface area contributed by atoms with Gasteiger partial charge in [-0.3, -0.25) is 9.48 Å². The standard InChI is InChI=1S/C24H28N8O4S/c1-4-18-20-21(29-30(18)3)23(33)28-22(27-20)17-14-16(15-26-24(17)36-5-2)37(34,35)32-12-10-31(11-13-32)19-8-6-7-9-25-19/h6-9,14-15H,4-5,10-13H2,1-3H3,(H,27,28,33). The highest BCUT2D eigenvalue weighted by Gasteiger charge is 2.30. The minimum atomic E-state index is -3.86. The molecule has 1 aliphatic rings. The summed E-state index contributed by atoms with van der Waals surface area (Å²) in [6.45, 7) is 5.69. The fraction of sp³-hybridized carbons (Fsp3) is 0.375. The first-order valence-electron chi connectivity index (χ1n) is 12.1. The first-order chi connectivity index (χ1) is 17.8. The van der Waals surface area contributed by atoms with E-state index in [1.54, 1.807) is 24.9 Å². The van der Waals surface area contributed by atoms with Crippen LogP contribution in [0.25, 0.3) is 22.4 Å². The second-order valence-electron chi connectivity index (χ2n) is 8.57. The van der Waals surface area contributed by atoms with E-state index in [1.807, 2.05) is 25.1 Å². The number of aromatic nitrogens is 6. The Hall–Kier alpha value is -3.84. The number of ether oxygens (including phenoxy) is 1. The minimum absolute atomic E-state index is 0.00175. The number of aryl methyl sites for hydroxylation is 2. The monoisotopic (exact) mass is 524 g/mol. The molecule has 4 aromatic heterocycles. The molecule has 0 aromatic carbocycles. The van der Waals surface area contributed by atoms with Crippen molar-refractivity contribution in [3.05, 3.63) is 52.7 Å². The molecule has 0 saturated carbocycles. The first-order valence-corrected chi connectivity index (χ1v) is 13.5. The number of hydrogen-bond acceptors (Lipinski definition) is 9. The van der Waals surface area contributed by atoms with E-state index < -0.39 is 15.6 Å². The van der Waals surface area contributed by atoms with Gasteiger partial charge in [0.2, 0.25) is 15.9 Å². The second-order valence-corrected chi connectivity index (χ2v) is 10.5. The molecule has 0 atom stereocenters. The highest BCUT2D eigenvalue weighted by atomic mass is 32.2. The van der Waals surface area contributed by atoms with Crippen molar-refractivity contribution in [1.82, 2.24) is 34.0 Å². The Morgan fingerprint density at radius 2 is 1.86 bits per heavy atom. The highest BCUT2D eigenvalue weighted by Crippen LogP contribution is 2.30. The van der Waals surface area contributed by atoms with E-state index in [0.29, 0.717) is 50.3 Å². The molecule has 4 aromatic rings. The van der Waals surface area contributed by atoms with Crippen molar-refractivity contribution in [2.45, 2.75) is 25.2 Å². The predicted octanol–water partition coefficient (Wildman–Crippen LogP) is 1.59. The fourth-order valence-electron chi connectivity index (χ4n) is 4.49. The molecule has 5 rings (SSSR count). The van der Waals surface area contributed by atoms with Gasteiger partial charge in [0.25, 0.3) is 5.56 Å². The highest BCUT2D eigenvalue weighted by molar-refractivity contribution is 7.89. The molecule has 0 bridgehead atoms. The van der Waals surface area contributed by atoms with Gasteiger partial charge >= 0.3 is 0 Å². The van der Waals surface area contributed by atoms with E-state index in [4.69, 9.17) is 4.74 Å². The summed E-state index contributed by atoms with van der Waals surface area (Å²) in [5, 5.41) is 4.28. The Labute approximate surface area is 214 Å². The van der Waals surface area contributed by atoms with Crippen molar-refractivity contribution < 1.29 is 13.2 Å². The maximum Gasteiger partial charge on any atom is 0.279 e.